The molecule has 3 N–H and O–H groups in total. The average molecular weight is 570 g/mol. The second-order valence-corrected chi connectivity index (χ2v) is 12.5. The summed E-state index contributed by atoms with van der Waals surface area (Å²) in [5.74, 6) is 1.64. The molecule has 5 rings (SSSR count). The summed E-state index contributed by atoms with van der Waals surface area (Å²) in [4.78, 5) is 26.6. The van der Waals surface area contributed by atoms with Gasteiger partial charge in [0.05, 0.1) is 18.9 Å². The fourth-order valence-electron chi connectivity index (χ4n) is 5.51. The third kappa shape index (κ3) is 7.34. The number of halogens is 1. The molecule has 2 fully saturated rings. The quantitative estimate of drug-likeness (QED) is 0.297. The van der Waals surface area contributed by atoms with Gasteiger partial charge < -0.3 is 25.4 Å². The van der Waals surface area contributed by atoms with E-state index in [0.29, 0.717) is 29.4 Å². The van der Waals surface area contributed by atoms with Crippen molar-refractivity contribution in [3.63, 3.8) is 0 Å². The van der Waals surface area contributed by atoms with E-state index in [1.807, 2.05) is 45.0 Å². The van der Waals surface area contributed by atoms with Crippen LogP contribution < -0.4 is 16.0 Å². The molecule has 1 saturated heterocycles. The molecule has 0 bridgehead atoms. The van der Waals surface area contributed by atoms with Crippen molar-refractivity contribution in [2.45, 2.75) is 89.9 Å². The zero-order valence-electron chi connectivity index (χ0n) is 23.7. The maximum absolute atomic E-state index is 12.1. The number of aromatic nitrogens is 4. The molecule has 0 unspecified atom stereocenters. The monoisotopic (exact) mass is 569 g/mol. The van der Waals surface area contributed by atoms with Crippen LogP contribution in [0.3, 0.4) is 0 Å². The first kappa shape index (κ1) is 28.4. The van der Waals surface area contributed by atoms with Gasteiger partial charge in [-0.25, -0.2) is 14.8 Å². The van der Waals surface area contributed by atoms with Crippen molar-refractivity contribution in [3.05, 3.63) is 35.5 Å². The number of nitrogens with one attached hydrogen (secondary N) is 3. The summed E-state index contributed by atoms with van der Waals surface area (Å²) < 4.78 is 13.4. The number of fused-ring (bicyclic) bond motifs is 1. The lowest BCUT2D eigenvalue weighted by Crippen LogP contribution is -2.41. The van der Waals surface area contributed by atoms with Gasteiger partial charge in [0.1, 0.15) is 5.52 Å². The van der Waals surface area contributed by atoms with Crippen LogP contribution in [0.4, 0.5) is 22.4 Å². The second kappa shape index (κ2) is 12.2. The van der Waals surface area contributed by atoms with Crippen molar-refractivity contribution < 1.29 is 14.3 Å². The first-order valence-electron chi connectivity index (χ1n) is 14.2. The Labute approximate surface area is 240 Å². The fourth-order valence-corrected chi connectivity index (χ4v) is 5.70. The number of ether oxygens (including phenoxy) is 2. The van der Waals surface area contributed by atoms with Gasteiger partial charge in [0.25, 0.3) is 0 Å². The standard InChI is InChI=1S/C29H40ClN7O3/c1-18-14-22(12-13-39-18)32-26-31-16-24-25(35-26)37(27(34-24)33-21-7-5-6-20(30)15-21)23-10-8-19(9-11-23)17-40-28(38)36-29(2,3)4/h5-7,15-16,18-19,22-23H,8-14,17H2,1-4H3,(H,33,34)(H,36,38)(H,31,32,35)/t18-,19?,22-,23?/m0/s1. The van der Waals surface area contributed by atoms with Crippen LogP contribution in [0.1, 0.15) is 72.3 Å². The van der Waals surface area contributed by atoms with E-state index in [9.17, 15) is 4.79 Å². The Morgan fingerprint density at radius 1 is 1.18 bits per heavy atom. The molecule has 2 aromatic heterocycles. The molecule has 216 valence electrons. The highest BCUT2D eigenvalue weighted by Gasteiger charge is 2.28. The highest BCUT2D eigenvalue weighted by molar-refractivity contribution is 6.30. The van der Waals surface area contributed by atoms with Crippen LogP contribution in [0, 0.1) is 5.92 Å². The third-order valence-electron chi connectivity index (χ3n) is 7.44. The molecule has 2 atom stereocenters. The van der Waals surface area contributed by atoms with Gasteiger partial charge in [-0.05, 0) is 90.3 Å². The van der Waals surface area contributed by atoms with Crippen LogP contribution in [-0.2, 0) is 9.47 Å². The predicted molar refractivity (Wildman–Crippen MR) is 157 cm³/mol. The van der Waals surface area contributed by atoms with E-state index in [-0.39, 0.29) is 29.8 Å². The topological polar surface area (TPSA) is 115 Å². The number of imidazole rings is 1. The summed E-state index contributed by atoms with van der Waals surface area (Å²) in [5, 5.41) is 10.5. The first-order chi connectivity index (χ1) is 19.1. The molecule has 1 saturated carbocycles. The van der Waals surface area contributed by atoms with Crippen molar-refractivity contribution in [2.75, 3.05) is 23.8 Å². The molecule has 1 aromatic carbocycles. The van der Waals surface area contributed by atoms with E-state index in [1.54, 1.807) is 6.20 Å². The van der Waals surface area contributed by atoms with Gasteiger partial charge in [0.2, 0.25) is 11.9 Å². The number of carbonyl (C=O) groups excluding carboxylic acids is 1. The number of nitrogens with zero attached hydrogens (tertiary/aromatic N) is 4. The van der Waals surface area contributed by atoms with E-state index in [1.165, 1.54) is 0 Å². The maximum Gasteiger partial charge on any atom is 0.407 e. The third-order valence-corrected chi connectivity index (χ3v) is 7.68. The second-order valence-electron chi connectivity index (χ2n) is 12.0. The highest BCUT2D eigenvalue weighted by Crippen LogP contribution is 2.37. The summed E-state index contributed by atoms with van der Waals surface area (Å²) in [6, 6.07) is 8.08. The molecule has 1 amide bonds. The molecular formula is C29H40ClN7O3. The fraction of sp³-hybridized carbons (Fsp3) is 0.586. The van der Waals surface area contributed by atoms with Gasteiger partial charge >= 0.3 is 6.09 Å². The summed E-state index contributed by atoms with van der Waals surface area (Å²) in [6.45, 7) is 9.08. The number of hydrogen-bond acceptors (Lipinski definition) is 8. The Morgan fingerprint density at radius 2 is 1.98 bits per heavy atom. The van der Waals surface area contributed by atoms with E-state index >= 15 is 0 Å². The van der Waals surface area contributed by atoms with Gasteiger partial charge in [-0.3, -0.25) is 4.57 Å². The van der Waals surface area contributed by atoms with E-state index in [2.05, 4.69) is 32.4 Å². The maximum atomic E-state index is 12.1. The molecule has 10 nitrogen and oxygen atoms in total. The lowest BCUT2D eigenvalue weighted by molar-refractivity contribution is 0.0231. The van der Waals surface area contributed by atoms with Crippen molar-refractivity contribution in [1.82, 2.24) is 24.8 Å². The summed E-state index contributed by atoms with van der Waals surface area (Å²) in [6.07, 6.45) is 7.23. The van der Waals surface area contributed by atoms with Crippen LogP contribution in [0.15, 0.2) is 30.5 Å². The van der Waals surface area contributed by atoms with Gasteiger partial charge in [0, 0.05) is 34.9 Å². The van der Waals surface area contributed by atoms with Crippen molar-refractivity contribution in [3.8, 4) is 0 Å². The molecule has 3 heterocycles. The van der Waals surface area contributed by atoms with Crippen LogP contribution in [0.2, 0.25) is 5.02 Å². The van der Waals surface area contributed by atoms with E-state index in [0.717, 1.165) is 62.0 Å². The van der Waals surface area contributed by atoms with Gasteiger partial charge in [-0.15, -0.1) is 0 Å². The number of hydrogen-bond donors (Lipinski definition) is 3. The average Bonchev–Trinajstić information content (AvgIpc) is 3.24. The van der Waals surface area contributed by atoms with Crippen molar-refractivity contribution >= 4 is 46.4 Å². The van der Waals surface area contributed by atoms with Gasteiger partial charge in [-0.2, -0.15) is 4.98 Å². The minimum Gasteiger partial charge on any atom is -0.449 e. The Balaban J connectivity index is 1.35. The molecule has 11 heteroatoms. The number of rotatable bonds is 7. The van der Waals surface area contributed by atoms with Crippen LogP contribution in [-0.4, -0.2) is 56.5 Å². The van der Waals surface area contributed by atoms with E-state index in [4.69, 9.17) is 31.0 Å². The largest absolute Gasteiger partial charge is 0.449 e. The molecule has 3 aromatic rings. The molecule has 40 heavy (non-hydrogen) atoms. The molecule has 1 aliphatic heterocycles. The smallest absolute Gasteiger partial charge is 0.407 e. The number of carbonyl (C=O) groups is 1. The molecular weight excluding hydrogens is 530 g/mol. The van der Waals surface area contributed by atoms with Crippen LogP contribution in [0.25, 0.3) is 11.2 Å². The number of alkyl carbamates (subject to hydrolysis) is 1. The Morgan fingerprint density at radius 3 is 2.70 bits per heavy atom. The predicted octanol–water partition coefficient (Wildman–Crippen LogP) is 6.46. The zero-order valence-corrected chi connectivity index (χ0v) is 24.5. The van der Waals surface area contributed by atoms with Crippen LogP contribution in [0.5, 0.6) is 0 Å². The lowest BCUT2D eigenvalue weighted by Gasteiger charge is -2.30. The lowest BCUT2D eigenvalue weighted by atomic mass is 9.86. The van der Waals surface area contributed by atoms with E-state index < -0.39 is 0 Å². The minimum absolute atomic E-state index is 0.192. The number of benzene rings is 1. The first-order valence-corrected chi connectivity index (χ1v) is 14.6. The molecule has 2 aliphatic rings. The zero-order chi connectivity index (χ0) is 28.3. The SMILES string of the molecule is C[C@H]1C[C@@H](Nc2ncc3nc(Nc4cccc(Cl)c4)n(C4CCC(COC(=O)NC(C)(C)C)CC4)c3n2)CCO1. The molecule has 1 aliphatic carbocycles. The highest BCUT2D eigenvalue weighted by atomic mass is 35.5. The molecule has 0 spiro atoms. The Bertz CT molecular complexity index is 1320. The Kier molecular flexibility index (Phi) is 8.65. The van der Waals surface area contributed by atoms with Gasteiger partial charge in [-0.1, -0.05) is 17.7 Å². The summed E-state index contributed by atoms with van der Waals surface area (Å²) in [7, 11) is 0. The van der Waals surface area contributed by atoms with Gasteiger partial charge in [0.15, 0.2) is 5.65 Å². The summed E-state index contributed by atoms with van der Waals surface area (Å²) >= 11 is 6.26. The normalized spacial score (nSPS) is 23.5. The van der Waals surface area contributed by atoms with Crippen molar-refractivity contribution in [1.29, 1.82) is 0 Å². The van der Waals surface area contributed by atoms with Crippen molar-refractivity contribution in [2.24, 2.45) is 5.92 Å². The van der Waals surface area contributed by atoms with Crippen LogP contribution >= 0.6 is 11.6 Å². The summed E-state index contributed by atoms with van der Waals surface area (Å²) in [5.41, 5.74) is 2.08. The molecule has 0 radical (unpaired) electrons. The number of anilines is 3. The Hall–Kier alpha value is -3.11. The minimum atomic E-state index is -0.362. The number of amides is 1.